The Balaban J connectivity index is 1.49. The number of rotatable bonds is 7. The van der Waals surface area contributed by atoms with E-state index in [0.717, 1.165) is 31.4 Å². The predicted molar refractivity (Wildman–Crippen MR) is 117 cm³/mol. The third-order valence-electron chi connectivity index (χ3n) is 7.24. The van der Waals surface area contributed by atoms with Crippen LogP contribution in [0.4, 0.5) is 17.6 Å². The first-order valence-corrected chi connectivity index (χ1v) is 13.0. The molecule has 4 atom stereocenters. The summed E-state index contributed by atoms with van der Waals surface area (Å²) in [6.45, 7) is 0. The van der Waals surface area contributed by atoms with E-state index in [0.29, 0.717) is 12.5 Å². The lowest BCUT2D eigenvalue weighted by molar-refractivity contribution is -0.140. The summed E-state index contributed by atoms with van der Waals surface area (Å²) in [4.78, 5) is 14.9. The highest BCUT2D eigenvalue weighted by Gasteiger charge is 2.61. The van der Waals surface area contributed by atoms with Gasteiger partial charge in [0.05, 0.1) is 6.04 Å². The second kappa shape index (κ2) is 8.64. The minimum Gasteiger partial charge on any atom is -0.334 e. The molecule has 1 aliphatic heterocycles. The summed E-state index contributed by atoms with van der Waals surface area (Å²) in [5, 5.41) is 0. The van der Waals surface area contributed by atoms with Crippen LogP contribution in [-0.2, 0) is 21.2 Å². The van der Waals surface area contributed by atoms with Crippen molar-refractivity contribution in [3.63, 3.8) is 0 Å². The summed E-state index contributed by atoms with van der Waals surface area (Å²) in [5.74, 6) is -2.74. The Labute approximate surface area is 195 Å². The standard InChI is InChI=1S/C24H24F4N2O3S/c25-12-34(32,33)29-23-19-11-20(19)30(24(31)13-3-1-4-13)21(23)9-14-5-2-6-18(22(14)28)15-7-16(26)10-17(27)8-15/h2,5-8,10,13,19-21,23,29H,1,3-4,9,11-12H2/t19-,20+,21+,23+/m1/s1. The van der Waals surface area contributed by atoms with E-state index in [2.05, 4.69) is 4.72 Å². The fourth-order valence-corrected chi connectivity index (χ4v) is 6.14. The molecular formula is C24H24F4N2O3S. The Morgan fingerprint density at radius 1 is 1.09 bits per heavy atom. The van der Waals surface area contributed by atoms with Gasteiger partial charge < -0.3 is 4.90 Å². The van der Waals surface area contributed by atoms with Gasteiger partial charge in [0.2, 0.25) is 21.9 Å². The number of amides is 1. The summed E-state index contributed by atoms with van der Waals surface area (Å²) >= 11 is 0. The molecule has 2 aromatic rings. The van der Waals surface area contributed by atoms with Crippen molar-refractivity contribution in [3.8, 4) is 11.1 Å². The number of piperidine rings is 1. The van der Waals surface area contributed by atoms with Crippen molar-refractivity contribution < 1.29 is 30.8 Å². The first-order chi connectivity index (χ1) is 16.2. The van der Waals surface area contributed by atoms with Gasteiger partial charge in [-0.15, -0.1) is 0 Å². The van der Waals surface area contributed by atoms with E-state index in [1.807, 2.05) is 0 Å². The third kappa shape index (κ3) is 4.22. The fraction of sp³-hybridized carbons (Fsp3) is 0.458. The quantitative estimate of drug-likeness (QED) is 0.591. The predicted octanol–water partition coefficient (Wildman–Crippen LogP) is 3.93. The number of nitrogens with zero attached hydrogens (tertiary/aromatic N) is 1. The molecule has 34 heavy (non-hydrogen) atoms. The smallest absolute Gasteiger partial charge is 0.241 e. The van der Waals surface area contributed by atoms with Crippen molar-refractivity contribution in [2.24, 2.45) is 11.8 Å². The fourth-order valence-electron chi connectivity index (χ4n) is 5.33. The van der Waals surface area contributed by atoms with E-state index in [9.17, 15) is 26.4 Å². The first-order valence-electron chi connectivity index (χ1n) is 11.3. The van der Waals surface area contributed by atoms with Gasteiger partial charge in [-0.3, -0.25) is 4.79 Å². The number of hydrogen-bond acceptors (Lipinski definition) is 3. The molecule has 1 amide bonds. The molecule has 1 heterocycles. The van der Waals surface area contributed by atoms with Gasteiger partial charge in [-0.1, -0.05) is 24.6 Å². The van der Waals surface area contributed by atoms with Crippen molar-refractivity contribution in [1.29, 1.82) is 0 Å². The molecule has 3 aliphatic rings. The number of fused-ring (bicyclic) bond motifs is 1. The van der Waals surface area contributed by atoms with Crippen LogP contribution in [0.3, 0.4) is 0 Å². The Bertz CT molecular complexity index is 1210. The maximum Gasteiger partial charge on any atom is 0.241 e. The lowest BCUT2D eigenvalue weighted by atomic mass is 9.83. The molecule has 182 valence electrons. The van der Waals surface area contributed by atoms with E-state index < -0.39 is 45.6 Å². The number of nitrogens with one attached hydrogen (secondary N) is 1. The zero-order valence-electron chi connectivity index (χ0n) is 18.2. The SMILES string of the molecule is O=C(C1CCC1)N1[C@H]2C[C@H]2[C@H](NS(=O)(=O)CF)[C@@H]1Cc1cccc(-c2cc(F)cc(F)c2)c1F. The second-order valence-electron chi connectivity index (χ2n) is 9.42. The molecule has 2 aromatic carbocycles. The molecular weight excluding hydrogens is 472 g/mol. The number of sulfonamides is 1. The van der Waals surface area contributed by atoms with Gasteiger partial charge in [-0.05, 0) is 54.9 Å². The summed E-state index contributed by atoms with van der Waals surface area (Å²) in [6, 6.07) is 4.04. The lowest BCUT2D eigenvalue weighted by Crippen LogP contribution is -2.53. The molecule has 10 heteroatoms. The Hall–Kier alpha value is -2.46. The van der Waals surface area contributed by atoms with E-state index in [-0.39, 0.29) is 46.9 Å². The number of halogens is 4. The summed E-state index contributed by atoms with van der Waals surface area (Å²) in [5.41, 5.74) is 0.212. The lowest BCUT2D eigenvalue weighted by Gasteiger charge is -2.37. The van der Waals surface area contributed by atoms with Gasteiger partial charge in [0.1, 0.15) is 17.5 Å². The number of carbonyl (C=O) groups excluding carboxylic acids is 1. The summed E-state index contributed by atoms with van der Waals surface area (Å²) < 4.78 is 82.5. The first kappa shape index (κ1) is 23.3. The van der Waals surface area contributed by atoms with Crippen LogP contribution < -0.4 is 4.72 Å². The largest absolute Gasteiger partial charge is 0.334 e. The van der Waals surface area contributed by atoms with Crippen LogP contribution in [0.25, 0.3) is 11.1 Å². The normalized spacial score (nSPS) is 26.3. The molecule has 5 rings (SSSR count). The Morgan fingerprint density at radius 2 is 1.79 bits per heavy atom. The number of alkyl halides is 1. The van der Waals surface area contributed by atoms with Crippen LogP contribution in [0.15, 0.2) is 36.4 Å². The monoisotopic (exact) mass is 496 g/mol. The molecule has 3 fully saturated rings. The van der Waals surface area contributed by atoms with Crippen molar-refractivity contribution in [2.45, 2.75) is 50.2 Å². The Kier molecular flexibility index (Phi) is 5.92. The van der Waals surface area contributed by atoms with E-state index in [1.54, 1.807) is 11.0 Å². The van der Waals surface area contributed by atoms with Crippen molar-refractivity contribution in [3.05, 3.63) is 59.4 Å². The van der Waals surface area contributed by atoms with Gasteiger partial charge in [0.15, 0.2) is 0 Å². The molecule has 2 aliphatic carbocycles. The van der Waals surface area contributed by atoms with Crippen LogP contribution in [0.1, 0.15) is 31.2 Å². The van der Waals surface area contributed by atoms with Gasteiger partial charge in [0, 0.05) is 29.6 Å². The highest BCUT2D eigenvalue weighted by atomic mass is 32.2. The highest BCUT2D eigenvalue weighted by molar-refractivity contribution is 7.89. The van der Waals surface area contributed by atoms with Gasteiger partial charge in [0.25, 0.3) is 0 Å². The zero-order valence-corrected chi connectivity index (χ0v) is 19.0. The van der Waals surface area contributed by atoms with E-state index in [1.165, 1.54) is 12.1 Å². The molecule has 0 radical (unpaired) electrons. The minimum atomic E-state index is -4.20. The highest BCUT2D eigenvalue weighted by Crippen LogP contribution is 2.50. The average molecular weight is 497 g/mol. The second-order valence-corrected chi connectivity index (χ2v) is 11.1. The molecule has 0 unspecified atom stereocenters. The van der Waals surface area contributed by atoms with Crippen LogP contribution in [-0.4, -0.2) is 43.4 Å². The Morgan fingerprint density at radius 3 is 2.41 bits per heavy atom. The number of likely N-dealkylation sites (tertiary alicyclic amines) is 1. The van der Waals surface area contributed by atoms with Crippen LogP contribution in [0.5, 0.6) is 0 Å². The molecule has 5 nitrogen and oxygen atoms in total. The van der Waals surface area contributed by atoms with Gasteiger partial charge in [-0.2, -0.15) is 0 Å². The summed E-state index contributed by atoms with van der Waals surface area (Å²) in [7, 11) is -4.20. The van der Waals surface area contributed by atoms with Crippen LogP contribution >= 0.6 is 0 Å². The van der Waals surface area contributed by atoms with E-state index >= 15 is 4.39 Å². The zero-order chi connectivity index (χ0) is 24.2. The van der Waals surface area contributed by atoms with Crippen LogP contribution in [0, 0.1) is 29.3 Å². The van der Waals surface area contributed by atoms with E-state index in [4.69, 9.17) is 0 Å². The molecule has 2 saturated carbocycles. The van der Waals surface area contributed by atoms with Crippen LogP contribution in [0.2, 0.25) is 0 Å². The van der Waals surface area contributed by atoms with Crippen molar-refractivity contribution in [1.82, 2.24) is 9.62 Å². The average Bonchev–Trinajstić information content (AvgIpc) is 3.45. The summed E-state index contributed by atoms with van der Waals surface area (Å²) in [6.07, 6.45) is 3.06. The maximum absolute atomic E-state index is 15.5. The maximum atomic E-state index is 15.5. The van der Waals surface area contributed by atoms with Gasteiger partial charge >= 0.3 is 0 Å². The molecule has 1 N–H and O–H groups in total. The topological polar surface area (TPSA) is 66.5 Å². The third-order valence-corrected chi connectivity index (χ3v) is 8.16. The molecule has 0 bridgehead atoms. The molecule has 0 spiro atoms. The number of benzene rings is 2. The molecule has 1 saturated heterocycles. The van der Waals surface area contributed by atoms with Crippen molar-refractivity contribution in [2.75, 3.05) is 6.01 Å². The molecule has 0 aromatic heterocycles. The number of hydrogen-bond donors (Lipinski definition) is 1. The number of carbonyl (C=O) groups is 1. The minimum absolute atomic E-state index is 0.00295. The van der Waals surface area contributed by atoms with Gasteiger partial charge in [-0.25, -0.2) is 30.7 Å². The van der Waals surface area contributed by atoms with Crippen molar-refractivity contribution >= 4 is 15.9 Å².